The number of carbonyl (C=O) groups excluding carboxylic acids is 1. The van der Waals surface area contributed by atoms with E-state index >= 15 is 0 Å². The molecule has 0 amide bonds. The minimum Gasteiger partial charge on any atom is -0.497 e. The molecule has 140 valence electrons. The third kappa shape index (κ3) is 5.20. The highest BCUT2D eigenvalue weighted by Gasteiger charge is 2.14. The number of thioether (sulfide) groups is 1. The van der Waals surface area contributed by atoms with E-state index in [1.54, 1.807) is 7.11 Å². The second kappa shape index (κ2) is 9.37. The fourth-order valence-corrected chi connectivity index (χ4v) is 3.70. The Morgan fingerprint density at radius 3 is 2.44 bits per heavy atom. The lowest BCUT2D eigenvalue weighted by atomic mass is 10.1. The molecule has 0 saturated carbocycles. The topological polar surface area (TPSA) is 57.0 Å². The Morgan fingerprint density at radius 2 is 1.78 bits per heavy atom. The molecular weight excluding hydrogens is 358 g/mol. The first-order valence-corrected chi connectivity index (χ1v) is 9.91. The third-order valence-electron chi connectivity index (χ3n) is 4.24. The summed E-state index contributed by atoms with van der Waals surface area (Å²) in [4.78, 5) is 12.3. The van der Waals surface area contributed by atoms with Gasteiger partial charge < -0.3 is 9.30 Å². The van der Waals surface area contributed by atoms with E-state index in [9.17, 15) is 4.79 Å². The van der Waals surface area contributed by atoms with Gasteiger partial charge in [-0.3, -0.25) is 4.79 Å². The molecule has 0 atom stereocenters. The first-order chi connectivity index (χ1) is 13.2. The molecule has 2 aromatic carbocycles. The van der Waals surface area contributed by atoms with Gasteiger partial charge in [-0.05, 0) is 30.2 Å². The lowest BCUT2D eigenvalue weighted by molar-refractivity contribution is -0.116. The minimum absolute atomic E-state index is 0.167. The van der Waals surface area contributed by atoms with Gasteiger partial charge in [-0.15, -0.1) is 10.2 Å². The second-order valence-electron chi connectivity index (χ2n) is 6.16. The fraction of sp³-hybridized carbons (Fsp3) is 0.286. The Kier molecular flexibility index (Phi) is 6.65. The van der Waals surface area contributed by atoms with Gasteiger partial charge in [0, 0.05) is 19.4 Å². The molecule has 5 nitrogen and oxygen atoms in total. The van der Waals surface area contributed by atoms with Crippen molar-refractivity contribution in [1.29, 1.82) is 0 Å². The van der Waals surface area contributed by atoms with E-state index in [2.05, 4.69) is 33.8 Å². The molecule has 0 unspecified atom stereocenters. The summed E-state index contributed by atoms with van der Waals surface area (Å²) in [6.07, 6.45) is 1.15. The predicted molar refractivity (Wildman–Crippen MR) is 107 cm³/mol. The maximum Gasteiger partial charge on any atom is 0.191 e. The maximum absolute atomic E-state index is 12.3. The summed E-state index contributed by atoms with van der Waals surface area (Å²) in [6.45, 7) is 2.85. The number of ether oxygens (including phenoxy) is 1. The highest BCUT2D eigenvalue weighted by atomic mass is 32.2. The molecule has 0 bridgehead atoms. The fourth-order valence-electron chi connectivity index (χ4n) is 2.82. The molecule has 1 heterocycles. The van der Waals surface area contributed by atoms with Crippen molar-refractivity contribution in [3.05, 3.63) is 71.5 Å². The van der Waals surface area contributed by atoms with Crippen LogP contribution in [0.3, 0.4) is 0 Å². The van der Waals surface area contributed by atoms with Crippen molar-refractivity contribution in [2.45, 2.75) is 31.5 Å². The van der Waals surface area contributed by atoms with Crippen LogP contribution in [0.2, 0.25) is 0 Å². The Morgan fingerprint density at radius 1 is 1.04 bits per heavy atom. The van der Waals surface area contributed by atoms with Crippen LogP contribution in [0, 0.1) is 0 Å². The average molecular weight is 382 g/mol. The lowest BCUT2D eigenvalue weighted by Gasteiger charge is -2.07. The molecule has 1 aromatic heterocycles. The van der Waals surface area contributed by atoms with Crippen LogP contribution in [0.25, 0.3) is 0 Å². The lowest BCUT2D eigenvalue weighted by Crippen LogP contribution is -2.08. The summed E-state index contributed by atoms with van der Waals surface area (Å²) in [7, 11) is 1.63. The number of carbonyl (C=O) groups is 1. The highest BCUT2D eigenvalue weighted by Crippen LogP contribution is 2.20. The predicted octanol–water partition coefficient (Wildman–Crippen LogP) is 3.80. The Hall–Kier alpha value is -2.60. The summed E-state index contributed by atoms with van der Waals surface area (Å²) in [5, 5.41) is 9.42. The monoisotopic (exact) mass is 381 g/mol. The van der Waals surface area contributed by atoms with Gasteiger partial charge in [0.2, 0.25) is 0 Å². The first-order valence-electron chi connectivity index (χ1n) is 8.93. The van der Waals surface area contributed by atoms with Crippen molar-refractivity contribution < 1.29 is 9.53 Å². The Balaban J connectivity index is 1.59. The first kappa shape index (κ1) is 19.2. The molecule has 0 aliphatic rings. The van der Waals surface area contributed by atoms with E-state index in [1.165, 1.54) is 17.3 Å². The van der Waals surface area contributed by atoms with Crippen molar-refractivity contribution >= 4 is 17.5 Å². The van der Waals surface area contributed by atoms with Crippen molar-refractivity contribution in [1.82, 2.24) is 14.8 Å². The summed E-state index contributed by atoms with van der Waals surface area (Å²) >= 11 is 1.45. The van der Waals surface area contributed by atoms with Crippen LogP contribution < -0.4 is 4.74 Å². The van der Waals surface area contributed by atoms with Crippen LogP contribution in [0.1, 0.15) is 23.9 Å². The van der Waals surface area contributed by atoms with Crippen molar-refractivity contribution in [2.24, 2.45) is 0 Å². The van der Waals surface area contributed by atoms with E-state index in [-0.39, 0.29) is 5.78 Å². The van der Waals surface area contributed by atoms with Crippen LogP contribution >= 0.6 is 11.8 Å². The van der Waals surface area contributed by atoms with E-state index in [0.717, 1.165) is 35.3 Å². The Labute approximate surface area is 163 Å². The summed E-state index contributed by atoms with van der Waals surface area (Å²) < 4.78 is 7.22. The van der Waals surface area contributed by atoms with Crippen LogP contribution in [0.15, 0.2) is 59.8 Å². The number of ketones is 1. The molecule has 0 aliphatic carbocycles. The van der Waals surface area contributed by atoms with Crippen molar-refractivity contribution in [3.63, 3.8) is 0 Å². The van der Waals surface area contributed by atoms with Gasteiger partial charge in [0.1, 0.15) is 17.4 Å². The number of Topliss-reactive ketones (excluding diaryl/α,β-unsaturated/α-hetero) is 1. The Bertz CT molecular complexity index is 876. The third-order valence-corrected chi connectivity index (χ3v) is 5.26. The zero-order valence-corrected chi connectivity index (χ0v) is 16.4. The average Bonchev–Trinajstić information content (AvgIpc) is 3.09. The maximum atomic E-state index is 12.3. The van der Waals surface area contributed by atoms with Crippen molar-refractivity contribution in [3.8, 4) is 5.75 Å². The van der Waals surface area contributed by atoms with Gasteiger partial charge in [0.05, 0.1) is 12.9 Å². The molecule has 0 fully saturated rings. The number of nitrogens with zero attached hydrogens (tertiary/aromatic N) is 3. The van der Waals surface area contributed by atoms with Crippen LogP contribution in [0.4, 0.5) is 0 Å². The van der Waals surface area contributed by atoms with Crippen molar-refractivity contribution in [2.75, 3.05) is 12.9 Å². The number of benzene rings is 2. The van der Waals surface area contributed by atoms with Crippen LogP contribution in [-0.2, 0) is 24.2 Å². The minimum atomic E-state index is 0.167. The molecule has 0 N–H and O–H groups in total. The standard InChI is InChI=1S/C21H23N3O2S/c1-3-24-20(14-16-7-5-4-6-8-16)22-23-21(24)27-15-18(25)13-17-9-11-19(26-2)12-10-17/h4-12H,3,13-15H2,1-2H3. The second-order valence-corrected chi connectivity index (χ2v) is 7.10. The quantitative estimate of drug-likeness (QED) is 0.528. The zero-order chi connectivity index (χ0) is 19.1. The van der Waals surface area contributed by atoms with E-state index in [1.807, 2.05) is 42.5 Å². The van der Waals surface area contributed by atoms with Gasteiger partial charge in [-0.2, -0.15) is 0 Å². The molecule has 27 heavy (non-hydrogen) atoms. The van der Waals surface area contributed by atoms with Gasteiger partial charge in [-0.25, -0.2) is 0 Å². The number of rotatable bonds is 9. The molecular formula is C21H23N3O2S. The van der Waals surface area contributed by atoms with Gasteiger partial charge in [-0.1, -0.05) is 54.2 Å². The normalized spacial score (nSPS) is 10.7. The molecule has 3 aromatic rings. The number of hydrogen-bond donors (Lipinski definition) is 0. The molecule has 3 rings (SSSR count). The van der Waals surface area contributed by atoms with Crippen LogP contribution in [-0.4, -0.2) is 33.4 Å². The molecule has 0 spiro atoms. The zero-order valence-electron chi connectivity index (χ0n) is 15.6. The van der Waals surface area contributed by atoms with E-state index < -0.39 is 0 Å². The molecule has 0 radical (unpaired) electrons. The van der Waals surface area contributed by atoms with E-state index in [4.69, 9.17) is 4.74 Å². The smallest absolute Gasteiger partial charge is 0.191 e. The molecule has 6 heteroatoms. The summed E-state index contributed by atoms with van der Waals surface area (Å²) in [5.74, 6) is 2.27. The molecule has 0 aliphatic heterocycles. The van der Waals surface area contributed by atoms with Gasteiger partial charge in [0.25, 0.3) is 0 Å². The largest absolute Gasteiger partial charge is 0.497 e. The van der Waals surface area contributed by atoms with Gasteiger partial charge in [0.15, 0.2) is 5.16 Å². The summed E-state index contributed by atoms with van der Waals surface area (Å²) in [6, 6.07) is 17.8. The van der Waals surface area contributed by atoms with Crippen LogP contribution in [0.5, 0.6) is 5.75 Å². The number of methoxy groups -OCH3 is 1. The SMILES string of the molecule is CCn1c(Cc2ccccc2)nnc1SCC(=O)Cc1ccc(OC)cc1. The van der Waals surface area contributed by atoms with E-state index in [0.29, 0.717) is 12.2 Å². The number of hydrogen-bond acceptors (Lipinski definition) is 5. The molecule has 0 saturated heterocycles. The highest BCUT2D eigenvalue weighted by molar-refractivity contribution is 7.99. The van der Waals surface area contributed by atoms with Gasteiger partial charge >= 0.3 is 0 Å². The number of aromatic nitrogens is 3. The summed E-state index contributed by atoms with van der Waals surface area (Å²) in [5.41, 5.74) is 2.19.